The number of thioether (sulfide) groups is 1. The van der Waals surface area contributed by atoms with Gasteiger partial charge >= 0.3 is 11.9 Å². The molecule has 0 aromatic rings. The number of hydrogen-bond donors (Lipinski definition) is 2. The van der Waals surface area contributed by atoms with Crippen molar-refractivity contribution in [2.24, 2.45) is 17.8 Å². The molecule has 0 saturated heterocycles. The quantitative estimate of drug-likeness (QED) is 0.550. The Morgan fingerprint density at radius 1 is 1.26 bits per heavy atom. The van der Waals surface area contributed by atoms with Crippen LogP contribution >= 0.6 is 11.8 Å². The molecular formula is C20H27NO5S. The Hall–Kier alpha value is -1.76. The van der Waals surface area contributed by atoms with Gasteiger partial charge in [-0.15, -0.1) is 11.8 Å². The summed E-state index contributed by atoms with van der Waals surface area (Å²) >= 11 is 1.54. The molecule has 0 unspecified atom stereocenters. The minimum Gasteiger partial charge on any atom is -0.481 e. The van der Waals surface area contributed by atoms with E-state index in [1.165, 1.54) is 0 Å². The van der Waals surface area contributed by atoms with E-state index in [2.05, 4.69) is 5.32 Å². The van der Waals surface area contributed by atoms with Crippen LogP contribution in [-0.4, -0.2) is 34.8 Å². The first-order valence-electron chi connectivity index (χ1n) is 9.72. The van der Waals surface area contributed by atoms with E-state index in [1.807, 2.05) is 6.08 Å². The molecule has 4 atom stereocenters. The number of hydrogen-bond acceptors (Lipinski definition) is 5. The fraction of sp³-hybridized carbons (Fsp3) is 0.650. The van der Waals surface area contributed by atoms with Gasteiger partial charge in [-0.1, -0.05) is 24.5 Å². The highest BCUT2D eigenvalue weighted by Crippen LogP contribution is 2.48. The fourth-order valence-electron chi connectivity index (χ4n) is 4.46. The van der Waals surface area contributed by atoms with Gasteiger partial charge in [-0.3, -0.25) is 9.59 Å². The second kappa shape index (κ2) is 8.50. The zero-order chi connectivity index (χ0) is 19.6. The zero-order valence-corrected chi connectivity index (χ0v) is 16.6. The van der Waals surface area contributed by atoms with Crippen molar-refractivity contribution in [1.29, 1.82) is 0 Å². The number of rotatable bonds is 5. The van der Waals surface area contributed by atoms with Crippen molar-refractivity contribution in [3.63, 3.8) is 0 Å². The average molecular weight is 394 g/mol. The second-order valence-electron chi connectivity index (χ2n) is 7.45. The predicted molar refractivity (Wildman–Crippen MR) is 103 cm³/mol. The summed E-state index contributed by atoms with van der Waals surface area (Å²) in [6, 6.07) is 0. The Balaban J connectivity index is 1.83. The van der Waals surface area contributed by atoms with Gasteiger partial charge in [0, 0.05) is 11.2 Å². The van der Waals surface area contributed by atoms with Crippen LogP contribution in [-0.2, 0) is 19.1 Å². The SMILES string of the molecule is CCOC(=O)C1=C(NC(=O)[C@@H]2CCC=C(C)[C@@H]2C(=O)O)S[C@H]2CCCC[C@@H]12. The third-order valence-corrected chi connectivity index (χ3v) is 7.18. The van der Waals surface area contributed by atoms with Crippen LogP contribution in [0.4, 0.5) is 0 Å². The third-order valence-electron chi connectivity index (χ3n) is 5.76. The Labute approximate surface area is 163 Å². The molecule has 1 amide bonds. The van der Waals surface area contributed by atoms with E-state index >= 15 is 0 Å². The highest BCUT2D eigenvalue weighted by atomic mass is 32.2. The summed E-state index contributed by atoms with van der Waals surface area (Å²) in [4.78, 5) is 37.2. The Morgan fingerprint density at radius 3 is 2.70 bits per heavy atom. The molecule has 0 aromatic heterocycles. The zero-order valence-electron chi connectivity index (χ0n) is 15.8. The molecule has 6 nitrogen and oxygen atoms in total. The molecule has 148 valence electrons. The Morgan fingerprint density at radius 2 is 2.00 bits per heavy atom. The van der Waals surface area contributed by atoms with Gasteiger partial charge in [0.05, 0.1) is 29.0 Å². The first-order valence-corrected chi connectivity index (χ1v) is 10.6. The van der Waals surface area contributed by atoms with Gasteiger partial charge < -0.3 is 15.2 Å². The standard InChI is InChI=1S/C20H27NO5S/c1-3-26-20(25)16-12-8-4-5-10-14(12)27-18(16)21-17(22)13-9-6-7-11(2)15(13)19(23)24/h7,12-15H,3-6,8-10H2,1-2H3,(H,21,22)(H,23,24)/t12-,13-,14+,15+/m1/s1. The number of nitrogens with one attached hydrogen (secondary N) is 1. The molecule has 1 fully saturated rings. The molecule has 1 aliphatic heterocycles. The first-order chi connectivity index (χ1) is 12.9. The minimum absolute atomic E-state index is 0.112. The summed E-state index contributed by atoms with van der Waals surface area (Å²) in [7, 11) is 0. The maximum atomic E-state index is 12.9. The van der Waals surface area contributed by atoms with Crippen molar-refractivity contribution >= 4 is 29.6 Å². The van der Waals surface area contributed by atoms with Gasteiger partial charge in [0.25, 0.3) is 0 Å². The lowest BCUT2D eigenvalue weighted by Crippen LogP contribution is -2.39. The van der Waals surface area contributed by atoms with Gasteiger partial charge in [0.15, 0.2) is 0 Å². The van der Waals surface area contributed by atoms with E-state index in [9.17, 15) is 19.5 Å². The normalized spacial score (nSPS) is 30.4. The van der Waals surface area contributed by atoms with Crippen molar-refractivity contribution in [2.75, 3.05) is 6.61 Å². The number of carbonyl (C=O) groups is 3. The Bertz CT molecular complexity index is 698. The van der Waals surface area contributed by atoms with E-state index < -0.39 is 17.8 Å². The fourth-order valence-corrected chi connectivity index (χ4v) is 6.00. The summed E-state index contributed by atoms with van der Waals surface area (Å²) in [5, 5.41) is 13.3. The highest BCUT2D eigenvalue weighted by molar-refractivity contribution is 8.04. The first kappa shape index (κ1) is 20.0. The van der Waals surface area contributed by atoms with E-state index in [-0.39, 0.29) is 23.0 Å². The molecule has 0 spiro atoms. The molecule has 3 aliphatic rings. The van der Waals surface area contributed by atoms with E-state index in [0.717, 1.165) is 31.3 Å². The van der Waals surface area contributed by atoms with Crippen molar-refractivity contribution in [2.45, 2.75) is 57.6 Å². The summed E-state index contributed by atoms with van der Waals surface area (Å²) in [6.45, 7) is 3.82. The maximum absolute atomic E-state index is 12.9. The second-order valence-corrected chi connectivity index (χ2v) is 8.70. The molecule has 1 heterocycles. The number of aliphatic carboxylic acids is 1. The minimum atomic E-state index is -0.976. The van der Waals surface area contributed by atoms with Crippen LogP contribution in [0.3, 0.4) is 0 Å². The van der Waals surface area contributed by atoms with Crippen molar-refractivity contribution in [1.82, 2.24) is 5.32 Å². The number of allylic oxidation sites excluding steroid dienone is 1. The number of amides is 1. The monoisotopic (exact) mass is 393 g/mol. The number of fused-ring (bicyclic) bond motifs is 1. The molecule has 27 heavy (non-hydrogen) atoms. The van der Waals surface area contributed by atoms with Crippen LogP contribution in [0, 0.1) is 17.8 Å². The van der Waals surface area contributed by atoms with Crippen LogP contribution in [0.5, 0.6) is 0 Å². The lowest BCUT2D eigenvalue weighted by atomic mass is 9.78. The van der Waals surface area contributed by atoms with Crippen molar-refractivity contribution < 1.29 is 24.2 Å². The summed E-state index contributed by atoms with van der Waals surface area (Å²) in [6.07, 6.45) is 7.22. The molecule has 1 saturated carbocycles. The predicted octanol–water partition coefficient (Wildman–Crippen LogP) is 3.24. The number of carboxylic acid groups (broad SMARTS) is 1. The van der Waals surface area contributed by atoms with Crippen LogP contribution in [0.15, 0.2) is 22.3 Å². The number of carbonyl (C=O) groups excluding carboxylic acids is 2. The average Bonchev–Trinajstić information content (AvgIpc) is 2.99. The van der Waals surface area contributed by atoms with Gasteiger partial charge in [0.2, 0.25) is 5.91 Å². The lowest BCUT2D eigenvalue weighted by molar-refractivity contribution is -0.146. The third kappa shape index (κ3) is 4.08. The molecular weight excluding hydrogens is 366 g/mol. The van der Waals surface area contributed by atoms with Gasteiger partial charge in [-0.2, -0.15) is 0 Å². The van der Waals surface area contributed by atoms with Crippen LogP contribution in [0.2, 0.25) is 0 Å². The van der Waals surface area contributed by atoms with Crippen LogP contribution in [0.25, 0.3) is 0 Å². The molecule has 3 rings (SSSR count). The summed E-state index contributed by atoms with van der Waals surface area (Å²) < 4.78 is 5.24. The van der Waals surface area contributed by atoms with Gasteiger partial charge in [-0.25, -0.2) is 4.79 Å². The van der Waals surface area contributed by atoms with Crippen LogP contribution in [0.1, 0.15) is 52.4 Å². The van der Waals surface area contributed by atoms with Crippen LogP contribution < -0.4 is 5.32 Å². The summed E-state index contributed by atoms with van der Waals surface area (Å²) in [5.74, 6) is -2.95. The summed E-state index contributed by atoms with van der Waals surface area (Å²) in [5.41, 5.74) is 1.30. The smallest absolute Gasteiger partial charge is 0.336 e. The molecule has 0 aromatic carbocycles. The molecule has 7 heteroatoms. The molecule has 2 aliphatic carbocycles. The maximum Gasteiger partial charge on any atom is 0.336 e. The van der Waals surface area contributed by atoms with Gasteiger partial charge in [-0.05, 0) is 39.5 Å². The molecule has 0 radical (unpaired) electrons. The largest absolute Gasteiger partial charge is 0.481 e. The highest BCUT2D eigenvalue weighted by Gasteiger charge is 2.43. The van der Waals surface area contributed by atoms with Crippen molar-refractivity contribution in [3.05, 3.63) is 22.3 Å². The van der Waals surface area contributed by atoms with E-state index in [1.54, 1.807) is 25.6 Å². The number of ether oxygens (including phenoxy) is 1. The lowest BCUT2D eigenvalue weighted by Gasteiger charge is -2.27. The molecule has 2 N–H and O–H groups in total. The Kier molecular flexibility index (Phi) is 6.29. The number of carboxylic acids is 1. The molecule has 0 bridgehead atoms. The number of esters is 1. The van der Waals surface area contributed by atoms with E-state index in [4.69, 9.17) is 4.74 Å². The van der Waals surface area contributed by atoms with Crippen molar-refractivity contribution in [3.8, 4) is 0 Å². The van der Waals surface area contributed by atoms with Gasteiger partial charge in [0.1, 0.15) is 0 Å². The topological polar surface area (TPSA) is 92.7 Å². The van der Waals surface area contributed by atoms with E-state index in [0.29, 0.717) is 30.1 Å².